The molecule has 4 nitrogen and oxygen atoms in total. The molecule has 0 fully saturated rings. The number of sulfone groups is 1. The smallest absolute Gasteiger partial charge is 0.150 e. The minimum atomic E-state index is -2.82. The molecule has 92 valence electrons. The number of nitrogens with two attached hydrogens (primary N) is 1. The average Bonchev–Trinajstić information content (AvgIpc) is 2.18. The summed E-state index contributed by atoms with van der Waals surface area (Å²) < 4.78 is 27.3. The van der Waals surface area contributed by atoms with Crippen LogP contribution in [0.5, 0.6) is 0 Å². The van der Waals surface area contributed by atoms with Gasteiger partial charge < -0.3 is 10.5 Å². The molecule has 0 bridgehead atoms. The molecule has 15 heavy (non-hydrogen) atoms. The summed E-state index contributed by atoms with van der Waals surface area (Å²) in [4.78, 5) is 0. The molecule has 0 saturated heterocycles. The summed E-state index contributed by atoms with van der Waals surface area (Å²) in [5, 5.41) is 0. The van der Waals surface area contributed by atoms with E-state index in [-0.39, 0.29) is 17.5 Å². The third kappa shape index (κ3) is 8.84. The Bertz CT molecular complexity index is 239. The lowest BCUT2D eigenvalue weighted by atomic mass is 10.1. The van der Waals surface area contributed by atoms with E-state index < -0.39 is 9.84 Å². The van der Waals surface area contributed by atoms with Crippen LogP contribution >= 0.6 is 0 Å². The van der Waals surface area contributed by atoms with Gasteiger partial charge in [0.25, 0.3) is 0 Å². The summed E-state index contributed by atoms with van der Waals surface area (Å²) in [6.45, 7) is 2.40. The fourth-order valence-electron chi connectivity index (χ4n) is 1.34. The van der Waals surface area contributed by atoms with E-state index in [1.807, 2.05) is 0 Å². The number of ether oxygens (including phenoxy) is 1. The van der Waals surface area contributed by atoms with Gasteiger partial charge >= 0.3 is 0 Å². The zero-order chi connectivity index (χ0) is 11.7. The number of methoxy groups -OCH3 is 1. The van der Waals surface area contributed by atoms with E-state index in [1.54, 1.807) is 14.0 Å². The number of rotatable bonds is 9. The Balaban J connectivity index is 3.50. The van der Waals surface area contributed by atoms with Crippen molar-refractivity contribution in [1.82, 2.24) is 0 Å². The first-order chi connectivity index (χ1) is 7.02. The van der Waals surface area contributed by atoms with Gasteiger partial charge in [-0.15, -0.1) is 0 Å². The zero-order valence-corrected chi connectivity index (χ0v) is 10.6. The molecule has 0 heterocycles. The highest BCUT2D eigenvalue weighted by Crippen LogP contribution is 2.04. The van der Waals surface area contributed by atoms with Crippen molar-refractivity contribution in [3.05, 3.63) is 0 Å². The van der Waals surface area contributed by atoms with Gasteiger partial charge in [0, 0.05) is 25.5 Å². The molecule has 1 unspecified atom stereocenters. The molecule has 0 radical (unpaired) electrons. The van der Waals surface area contributed by atoms with E-state index in [4.69, 9.17) is 10.5 Å². The molecule has 0 aliphatic heterocycles. The van der Waals surface area contributed by atoms with Gasteiger partial charge in [-0.2, -0.15) is 0 Å². The molecule has 1 atom stereocenters. The maximum atomic E-state index is 11.2. The maximum absolute atomic E-state index is 11.2. The quantitative estimate of drug-likeness (QED) is 0.606. The van der Waals surface area contributed by atoms with Crippen LogP contribution in [0.3, 0.4) is 0 Å². The average molecular weight is 237 g/mol. The highest BCUT2D eigenvalue weighted by molar-refractivity contribution is 7.91. The van der Waals surface area contributed by atoms with Crippen molar-refractivity contribution in [2.24, 2.45) is 5.73 Å². The van der Waals surface area contributed by atoms with Crippen LogP contribution in [0, 0.1) is 0 Å². The van der Waals surface area contributed by atoms with E-state index in [0.717, 1.165) is 25.9 Å². The van der Waals surface area contributed by atoms with Crippen molar-refractivity contribution in [1.29, 1.82) is 0 Å². The Labute approximate surface area is 93.1 Å². The van der Waals surface area contributed by atoms with Crippen LogP contribution in [0.1, 0.15) is 32.6 Å². The highest BCUT2D eigenvalue weighted by Gasteiger charge is 2.08. The second kappa shape index (κ2) is 8.07. The predicted molar refractivity (Wildman–Crippen MR) is 62.6 cm³/mol. The molecule has 0 aliphatic carbocycles. The van der Waals surface area contributed by atoms with Crippen molar-refractivity contribution in [3.63, 3.8) is 0 Å². The molecule has 0 amide bonds. The summed E-state index contributed by atoms with van der Waals surface area (Å²) in [5.74, 6) is 0.493. The van der Waals surface area contributed by atoms with Crippen molar-refractivity contribution < 1.29 is 13.2 Å². The van der Waals surface area contributed by atoms with Crippen molar-refractivity contribution in [2.75, 3.05) is 25.2 Å². The lowest BCUT2D eigenvalue weighted by Gasteiger charge is -2.10. The van der Waals surface area contributed by atoms with Crippen molar-refractivity contribution in [3.8, 4) is 0 Å². The van der Waals surface area contributed by atoms with Gasteiger partial charge in [0.1, 0.15) is 9.84 Å². The zero-order valence-electron chi connectivity index (χ0n) is 9.74. The summed E-state index contributed by atoms with van der Waals surface area (Å²) in [6.07, 6.45) is 3.30. The molecule has 0 spiro atoms. The van der Waals surface area contributed by atoms with E-state index >= 15 is 0 Å². The van der Waals surface area contributed by atoms with Crippen LogP contribution in [-0.2, 0) is 14.6 Å². The summed E-state index contributed by atoms with van der Waals surface area (Å²) in [5.41, 5.74) is 5.83. The molecule has 0 saturated carbocycles. The molecule has 0 rings (SSSR count). The fraction of sp³-hybridized carbons (Fsp3) is 1.00. The van der Waals surface area contributed by atoms with Gasteiger partial charge in [0.15, 0.2) is 0 Å². The molecular weight excluding hydrogens is 214 g/mol. The van der Waals surface area contributed by atoms with Crippen LogP contribution in [0.15, 0.2) is 0 Å². The van der Waals surface area contributed by atoms with Crippen LogP contribution < -0.4 is 5.73 Å². The topological polar surface area (TPSA) is 69.4 Å². The molecular formula is C10H23NO3S. The predicted octanol–water partition coefficient (Wildman–Crippen LogP) is 0.955. The van der Waals surface area contributed by atoms with Crippen LogP contribution in [0.25, 0.3) is 0 Å². The Morgan fingerprint density at radius 2 is 1.87 bits per heavy atom. The summed E-state index contributed by atoms with van der Waals surface area (Å²) in [7, 11) is -1.15. The van der Waals surface area contributed by atoms with E-state index in [0.29, 0.717) is 6.42 Å². The number of hydrogen-bond acceptors (Lipinski definition) is 4. The molecule has 5 heteroatoms. The summed E-state index contributed by atoms with van der Waals surface area (Å²) >= 11 is 0. The van der Waals surface area contributed by atoms with Crippen LogP contribution in [-0.4, -0.2) is 39.7 Å². The SMILES string of the molecule is CCS(=O)(=O)CCCC(N)CCCOC. The molecule has 0 aliphatic rings. The van der Waals surface area contributed by atoms with Crippen molar-refractivity contribution in [2.45, 2.75) is 38.6 Å². The third-order valence-corrected chi connectivity index (χ3v) is 4.18. The monoisotopic (exact) mass is 237 g/mol. The Morgan fingerprint density at radius 1 is 1.27 bits per heavy atom. The third-order valence-electron chi connectivity index (χ3n) is 2.39. The summed E-state index contributed by atoms with van der Waals surface area (Å²) in [6, 6.07) is 0.104. The van der Waals surface area contributed by atoms with Crippen molar-refractivity contribution >= 4 is 9.84 Å². The second-order valence-corrected chi connectivity index (χ2v) is 6.25. The maximum Gasteiger partial charge on any atom is 0.150 e. The first-order valence-electron chi connectivity index (χ1n) is 5.46. The minimum absolute atomic E-state index is 0.104. The fourth-order valence-corrected chi connectivity index (χ4v) is 2.24. The molecule has 0 aromatic rings. The van der Waals surface area contributed by atoms with Crippen LogP contribution in [0.4, 0.5) is 0 Å². The highest BCUT2D eigenvalue weighted by atomic mass is 32.2. The Morgan fingerprint density at radius 3 is 2.40 bits per heavy atom. The second-order valence-electron chi connectivity index (χ2n) is 3.77. The van der Waals surface area contributed by atoms with Gasteiger partial charge in [0.05, 0.1) is 5.75 Å². The molecule has 2 N–H and O–H groups in total. The standard InChI is InChI=1S/C10H23NO3S/c1-3-15(12,13)9-5-7-10(11)6-4-8-14-2/h10H,3-9,11H2,1-2H3. The van der Waals surface area contributed by atoms with Crippen LogP contribution in [0.2, 0.25) is 0 Å². The molecule has 0 aromatic carbocycles. The van der Waals surface area contributed by atoms with E-state index in [2.05, 4.69) is 0 Å². The first kappa shape index (κ1) is 14.9. The minimum Gasteiger partial charge on any atom is -0.385 e. The van der Waals surface area contributed by atoms with Gasteiger partial charge in [0.2, 0.25) is 0 Å². The lowest BCUT2D eigenvalue weighted by Crippen LogP contribution is -2.21. The van der Waals surface area contributed by atoms with E-state index in [9.17, 15) is 8.42 Å². The molecule has 0 aromatic heterocycles. The number of hydrogen-bond donors (Lipinski definition) is 1. The van der Waals surface area contributed by atoms with Gasteiger partial charge in [-0.05, 0) is 25.7 Å². The van der Waals surface area contributed by atoms with Gasteiger partial charge in [-0.3, -0.25) is 0 Å². The Hall–Kier alpha value is -0.130. The normalized spacial score (nSPS) is 14.1. The first-order valence-corrected chi connectivity index (χ1v) is 7.29. The van der Waals surface area contributed by atoms with Gasteiger partial charge in [-0.25, -0.2) is 8.42 Å². The van der Waals surface area contributed by atoms with Gasteiger partial charge in [-0.1, -0.05) is 6.92 Å². The Kier molecular flexibility index (Phi) is 8.00. The van der Waals surface area contributed by atoms with E-state index in [1.165, 1.54) is 0 Å². The lowest BCUT2D eigenvalue weighted by molar-refractivity contribution is 0.190. The largest absolute Gasteiger partial charge is 0.385 e.